The number of carbonyl (C=O) groups excluding carboxylic acids is 1. The summed E-state index contributed by atoms with van der Waals surface area (Å²) < 4.78 is 0. The third-order valence-electron chi connectivity index (χ3n) is 3.54. The summed E-state index contributed by atoms with van der Waals surface area (Å²) in [4.78, 5) is 14.1. The fourth-order valence-corrected chi connectivity index (χ4v) is 3.02. The van der Waals surface area contributed by atoms with Crippen molar-refractivity contribution in [1.82, 2.24) is 0 Å². The minimum Gasteiger partial charge on any atom is -0.391 e. The number of hydrogen-bond donors (Lipinski definition) is 1. The lowest BCUT2D eigenvalue weighted by atomic mass is 10.1. The largest absolute Gasteiger partial charge is 0.391 e. The molecule has 1 N–H and O–H groups in total. The van der Waals surface area contributed by atoms with Crippen LogP contribution >= 0.6 is 11.6 Å². The van der Waals surface area contributed by atoms with E-state index in [0.717, 1.165) is 12.1 Å². The van der Waals surface area contributed by atoms with E-state index in [1.54, 1.807) is 4.90 Å². The van der Waals surface area contributed by atoms with E-state index in [4.69, 9.17) is 11.6 Å². The SMILES string of the molecule is CCCC(=O)N(c1ccccc1)C1CC(Cl)CC1O. The number of rotatable bonds is 4. The van der Waals surface area contributed by atoms with Crippen LogP contribution < -0.4 is 4.90 Å². The van der Waals surface area contributed by atoms with Crippen molar-refractivity contribution in [2.24, 2.45) is 0 Å². The van der Waals surface area contributed by atoms with Gasteiger partial charge in [0.1, 0.15) is 0 Å². The standard InChI is InChI=1S/C15H20ClNO2/c1-2-6-15(19)17(12-7-4-3-5-8-12)13-9-11(16)10-14(13)18/h3-5,7-8,11,13-14,18H,2,6,9-10H2,1H3. The van der Waals surface area contributed by atoms with Crippen molar-refractivity contribution < 1.29 is 9.90 Å². The average Bonchev–Trinajstić information content (AvgIpc) is 2.70. The normalized spacial score (nSPS) is 26.4. The number of anilines is 1. The highest BCUT2D eigenvalue weighted by Crippen LogP contribution is 2.32. The number of hydrogen-bond acceptors (Lipinski definition) is 2. The van der Waals surface area contributed by atoms with Crippen LogP contribution in [0, 0.1) is 0 Å². The van der Waals surface area contributed by atoms with E-state index in [1.807, 2.05) is 37.3 Å². The van der Waals surface area contributed by atoms with Crippen LogP contribution in [0.3, 0.4) is 0 Å². The Kier molecular flexibility index (Phi) is 4.83. The number of carbonyl (C=O) groups is 1. The maximum absolute atomic E-state index is 12.4. The van der Waals surface area contributed by atoms with Crippen molar-refractivity contribution in [2.45, 2.75) is 50.1 Å². The average molecular weight is 282 g/mol. The first kappa shape index (κ1) is 14.4. The number of alkyl halides is 1. The zero-order valence-electron chi connectivity index (χ0n) is 11.1. The topological polar surface area (TPSA) is 40.5 Å². The molecule has 1 saturated carbocycles. The van der Waals surface area contributed by atoms with Crippen molar-refractivity contribution in [3.8, 4) is 0 Å². The van der Waals surface area contributed by atoms with E-state index in [1.165, 1.54) is 0 Å². The van der Waals surface area contributed by atoms with Gasteiger partial charge in [0.2, 0.25) is 5.91 Å². The zero-order chi connectivity index (χ0) is 13.8. The maximum atomic E-state index is 12.4. The number of aliphatic hydroxyl groups is 1. The van der Waals surface area contributed by atoms with Crippen molar-refractivity contribution in [3.63, 3.8) is 0 Å². The van der Waals surface area contributed by atoms with Gasteiger partial charge in [0, 0.05) is 17.5 Å². The summed E-state index contributed by atoms with van der Waals surface area (Å²) in [6.07, 6.45) is 1.95. The second-order valence-electron chi connectivity index (χ2n) is 5.05. The van der Waals surface area contributed by atoms with Crippen LogP contribution in [0.2, 0.25) is 0 Å². The molecule has 0 heterocycles. The monoisotopic (exact) mass is 281 g/mol. The number of amides is 1. The molecule has 0 aromatic heterocycles. The lowest BCUT2D eigenvalue weighted by molar-refractivity contribution is -0.119. The van der Waals surface area contributed by atoms with Crippen molar-refractivity contribution in [2.75, 3.05) is 4.90 Å². The molecule has 1 amide bonds. The van der Waals surface area contributed by atoms with Gasteiger partial charge < -0.3 is 10.0 Å². The van der Waals surface area contributed by atoms with Crippen LogP contribution in [0.4, 0.5) is 5.69 Å². The molecule has 3 atom stereocenters. The van der Waals surface area contributed by atoms with Gasteiger partial charge in [0.15, 0.2) is 0 Å². The van der Waals surface area contributed by atoms with Gasteiger partial charge in [0.05, 0.1) is 12.1 Å². The summed E-state index contributed by atoms with van der Waals surface area (Å²) >= 11 is 6.12. The Morgan fingerprint density at radius 1 is 1.37 bits per heavy atom. The lowest BCUT2D eigenvalue weighted by Crippen LogP contribution is -2.44. The number of halogens is 1. The lowest BCUT2D eigenvalue weighted by Gasteiger charge is -2.31. The Hall–Kier alpha value is -1.06. The second-order valence-corrected chi connectivity index (χ2v) is 5.67. The van der Waals surface area contributed by atoms with E-state index in [-0.39, 0.29) is 17.3 Å². The minimum atomic E-state index is -0.538. The third-order valence-corrected chi connectivity index (χ3v) is 3.89. The van der Waals surface area contributed by atoms with Gasteiger partial charge in [-0.25, -0.2) is 0 Å². The molecule has 0 saturated heterocycles. The molecule has 0 radical (unpaired) electrons. The number of benzene rings is 1. The molecule has 1 aromatic rings. The Labute approximate surface area is 119 Å². The Bertz CT molecular complexity index is 423. The second kappa shape index (κ2) is 6.40. The van der Waals surface area contributed by atoms with Gasteiger partial charge in [-0.3, -0.25) is 4.79 Å². The summed E-state index contributed by atoms with van der Waals surface area (Å²) in [6, 6.07) is 9.33. The number of aliphatic hydroxyl groups excluding tert-OH is 1. The maximum Gasteiger partial charge on any atom is 0.227 e. The zero-order valence-corrected chi connectivity index (χ0v) is 11.9. The molecule has 1 aliphatic rings. The Morgan fingerprint density at radius 2 is 2.05 bits per heavy atom. The smallest absolute Gasteiger partial charge is 0.227 e. The first-order valence-electron chi connectivity index (χ1n) is 6.82. The molecule has 1 aliphatic carbocycles. The highest BCUT2D eigenvalue weighted by Gasteiger charge is 2.38. The molecule has 1 aromatic carbocycles. The first-order valence-corrected chi connectivity index (χ1v) is 7.26. The summed E-state index contributed by atoms with van der Waals surface area (Å²) in [5.74, 6) is 0.0588. The molecule has 3 unspecified atom stereocenters. The number of nitrogens with zero attached hydrogens (tertiary/aromatic N) is 1. The van der Waals surface area contributed by atoms with Gasteiger partial charge in [-0.1, -0.05) is 25.1 Å². The molecule has 3 nitrogen and oxygen atoms in total. The van der Waals surface area contributed by atoms with Crippen LogP contribution in [-0.2, 0) is 4.79 Å². The van der Waals surface area contributed by atoms with Gasteiger partial charge in [0.25, 0.3) is 0 Å². The molecule has 19 heavy (non-hydrogen) atoms. The Balaban J connectivity index is 2.27. The van der Waals surface area contributed by atoms with Crippen LogP contribution in [0.25, 0.3) is 0 Å². The van der Waals surface area contributed by atoms with E-state index >= 15 is 0 Å². The van der Waals surface area contributed by atoms with Crippen molar-refractivity contribution in [1.29, 1.82) is 0 Å². The highest BCUT2D eigenvalue weighted by atomic mass is 35.5. The van der Waals surface area contributed by atoms with E-state index in [2.05, 4.69) is 0 Å². The van der Waals surface area contributed by atoms with E-state index in [0.29, 0.717) is 19.3 Å². The molecule has 2 rings (SSSR count). The molecular weight excluding hydrogens is 262 g/mol. The summed E-state index contributed by atoms with van der Waals surface area (Å²) in [6.45, 7) is 1.98. The first-order chi connectivity index (χ1) is 9.13. The van der Waals surface area contributed by atoms with Crippen molar-refractivity contribution >= 4 is 23.2 Å². The third kappa shape index (κ3) is 3.28. The summed E-state index contributed by atoms with van der Waals surface area (Å²) in [7, 11) is 0. The van der Waals surface area contributed by atoms with Crippen LogP contribution in [0.1, 0.15) is 32.6 Å². The molecule has 4 heteroatoms. The van der Waals surface area contributed by atoms with Gasteiger partial charge in [-0.15, -0.1) is 11.6 Å². The van der Waals surface area contributed by atoms with E-state index in [9.17, 15) is 9.90 Å². The molecule has 104 valence electrons. The Morgan fingerprint density at radius 3 is 2.58 bits per heavy atom. The summed E-state index contributed by atoms with van der Waals surface area (Å²) in [5, 5.41) is 10.1. The molecule has 1 fully saturated rings. The molecule has 0 spiro atoms. The van der Waals surface area contributed by atoms with Crippen LogP contribution in [0.5, 0.6) is 0 Å². The molecule has 0 bridgehead atoms. The van der Waals surface area contributed by atoms with Gasteiger partial charge in [-0.2, -0.15) is 0 Å². The van der Waals surface area contributed by atoms with Crippen LogP contribution in [-0.4, -0.2) is 28.5 Å². The van der Waals surface area contributed by atoms with E-state index < -0.39 is 6.10 Å². The minimum absolute atomic E-state index is 0.0550. The fourth-order valence-electron chi connectivity index (χ4n) is 2.66. The van der Waals surface area contributed by atoms with Crippen molar-refractivity contribution in [3.05, 3.63) is 30.3 Å². The summed E-state index contributed by atoms with van der Waals surface area (Å²) in [5.41, 5.74) is 0.843. The van der Waals surface area contributed by atoms with Gasteiger partial charge >= 0.3 is 0 Å². The predicted molar refractivity (Wildman–Crippen MR) is 77.5 cm³/mol. The quantitative estimate of drug-likeness (QED) is 0.862. The highest BCUT2D eigenvalue weighted by molar-refractivity contribution is 6.21. The fraction of sp³-hybridized carbons (Fsp3) is 0.533. The number of para-hydroxylation sites is 1. The van der Waals surface area contributed by atoms with Crippen LogP contribution in [0.15, 0.2) is 30.3 Å². The molecule has 0 aliphatic heterocycles. The molecular formula is C15H20ClNO2. The predicted octanol–water partition coefficient (Wildman–Crippen LogP) is 2.95. The van der Waals surface area contributed by atoms with Gasteiger partial charge in [-0.05, 0) is 31.4 Å².